The third-order valence-corrected chi connectivity index (χ3v) is 2.98. The number of benzene rings is 1. The first-order chi connectivity index (χ1) is 8.61. The van der Waals surface area contributed by atoms with Gasteiger partial charge >= 0.3 is 0 Å². The van der Waals surface area contributed by atoms with Gasteiger partial charge < -0.3 is 10.4 Å². The van der Waals surface area contributed by atoms with Gasteiger partial charge in [0.2, 0.25) is 0 Å². The first kappa shape index (κ1) is 13.2. The summed E-state index contributed by atoms with van der Waals surface area (Å²) in [7, 11) is 0. The predicted octanol–water partition coefficient (Wildman–Crippen LogP) is 2.89. The molecule has 0 saturated carbocycles. The maximum atomic E-state index is 8.76. The van der Waals surface area contributed by atoms with Crippen molar-refractivity contribution in [3.8, 4) is 5.69 Å². The Labute approximate surface area is 115 Å². The van der Waals surface area contributed by atoms with Crippen molar-refractivity contribution < 1.29 is 5.11 Å². The van der Waals surface area contributed by atoms with Gasteiger partial charge in [-0.25, -0.2) is 4.68 Å². The molecule has 4 nitrogen and oxygen atoms in total. The Balaban J connectivity index is 2.35. The van der Waals surface area contributed by atoms with Crippen LogP contribution in [0.25, 0.3) is 5.69 Å². The molecule has 0 radical (unpaired) electrons. The van der Waals surface area contributed by atoms with E-state index in [0.29, 0.717) is 22.4 Å². The largest absolute Gasteiger partial charge is 0.395 e. The van der Waals surface area contributed by atoms with Crippen molar-refractivity contribution in [3.63, 3.8) is 0 Å². The summed E-state index contributed by atoms with van der Waals surface area (Å²) in [4.78, 5) is 0. The van der Waals surface area contributed by atoms with Crippen molar-refractivity contribution in [2.24, 2.45) is 0 Å². The number of rotatable bonds is 4. The Morgan fingerprint density at radius 1 is 1.33 bits per heavy atom. The minimum absolute atomic E-state index is 0.0631. The van der Waals surface area contributed by atoms with Gasteiger partial charge in [-0.2, -0.15) is 5.10 Å². The van der Waals surface area contributed by atoms with Gasteiger partial charge in [0.05, 0.1) is 17.3 Å². The summed E-state index contributed by atoms with van der Waals surface area (Å²) in [5, 5.41) is 17.3. The lowest BCUT2D eigenvalue weighted by Gasteiger charge is -2.06. The number of aryl methyl sites for hydroxylation is 1. The third kappa shape index (κ3) is 2.77. The number of hydrogen-bond acceptors (Lipinski definition) is 3. The van der Waals surface area contributed by atoms with E-state index in [1.54, 1.807) is 16.8 Å². The maximum Gasteiger partial charge on any atom is 0.148 e. The molecule has 18 heavy (non-hydrogen) atoms. The van der Waals surface area contributed by atoms with Gasteiger partial charge in [-0.15, -0.1) is 0 Å². The maximum absolute atomic E-state index is 8.76. The van der Waals surface area contributed by atoms with Crippen LogP contribution in [-0.2, 0) is 0 Å². The minimum atomic E-state index is 0.0631. The second-order valence-electron chi connectivity index (χ2n) is 3.83. The normalized spacial score (nSPS) is 10.7. The van der Waals surface area contributed by atoms with Gasteiger partial charge in [-0.1, -0.05) is 23.2 Å². The van der Waals surface area contributed by atoms with Crippen LogP contribution in [0.2, 0.25) is 10.0 Å². The van der Waals surface area contributed by atoms with Crippen LogP contribution < -0.4 is 5.32 Å². The molecular weight excluding hydrogens is 273 g/mol. The number of aliphatic hydroxyl groups is 1. The Morgan fingerprint density at radius 2 is 2.11 bits per heavy atom. The van der Waals surface area contributed by atoms with Crippen LogP contribution in [0.4, 0.5) is 5.82 Å². The van der Waals surface area contributed by atoms with Crippen LogP contribution in [0, 0.1) is 6.92 Å². The van der Waals surface area contributed by atoms with Crippen molar-refractivity contribution in [1.29, 1.82) is 0 Å². The van der Waals surface area contributed by atoms with Gasteiger partial charge in [0.1, 0.15) is 5.82 Å². The SMILES string of the molecule is Cc1cc(NCCO)nn1-c1ccc(Cl)cc1Cl. The van der Waals surface area contributed by atoms with E-state index in [4.69, 9.17) is 28.3 Å². The number of halogens is 2. The summed E-state index contributed by atoms with van der Waals surface area (Å²) in [5.41, 5.74) is 1.72. The van der Waals surface area contributed by atoms with Crippen LogP contribution in [0.5, 0.6) is 0 Å². The van der Waals surface area contributed by atoms with Crippen LogP contribution in [0.1, 0.15) is 5.69 Å². The summed E-state index contributed by atoms with van der Waals surface area (Å²) in [6, 6.07) is 7.16. The quantitative estimate of drug-likeness (QED) is 0.908. The standard InChI is InChI=1S/C12H13Cl2N3O/c1-8-6-12(15-4-5-18)16-17(8)11-3-2-9(13)7-10(11)14/h2-3,6-7,18H,4-5H2,1H3,(H,15,16). The van der Waals surface area contributed by atoms with E-state index in [1.165, 1.54) is 0 Å². The van der Waals surface area contributed by atoms with Gasteiger partial charge in [-0.3, -0.25) is 0 Å². The number of anilines is 1. The van der Waals surface area contributed by atoms with Crippen molar-refractivity contribution >= 4 is 29.0 Å². The first-order valence-electron chi connectivity index (χ1n) is 5.48. The van der Waals surface area contributed by atoms with Crippen LogP contribution in [0.15, 0.2) is 24.3 Å². The molecule has 2 N–H and O–H groups in total. The molecule has 1 heterocycles. The fourth-order valence-corrected chi connectivity index (χ4v) is 2.13. The van der Waals surface area contributed by atoms with E-state index in [0.717, 1.165) is 11.4 Å². The molecule has 0 bridgehead atoms. The van der Waals surface area contributed by atoms with Gasteiger partial charge in [0.25, 0.3) is 0 Å². The van der Waals surface area contributed by atoms with Crippen molar-refractivity contribution in [3.05, 3.63) is 40.0 Å². The molecule has 0 fully saturated rings. The van der Waals surface area contributed by atoms with E-state index in [9.17, 15) is 0 Å². The van der Waals surface area contributed by atoms with Crippen molar-refractivity contribution in [2.75, 3.05) is 18.5 Å². The van der Waals surface area contributed by atoms with Crippen LogP contribution in [0.3, 0.4) is 0 Å². The summed E-state index contributed by atoms with van der Waals surface area (Å²) < 4.78 is 1.73. The molecule has 0 saturated heterocycles. The Bertz CT molecular complexity index is 554. The van der Waals surface area contributed by atoms with Crippen molar-refractivity contribution in [1.82, 2.24) is 9.78 Å². The summed E-state index contributed by atoms with van der Waals surface area (Å²) in [6.45, 7) is 2.46. The smallest absolute Gasteiger partial charge is 0.148 e. The Morgan fingerprint density at radius 3 is 2.78 bits per heavy atom. The zero-order valence-corrected chi connectivity index (χ0v) is 11.3. The molecule has 2 aromatic rings. The molecule has 6 heteroatoms. The van der Waals surface area contributed by atoms with Crippen molar-refractivity contribution in [2.45, 2.75) is 6.92 Å². The van der Waals surface area contributed by atoms with Crippen LogP contribution in [-0.4, -0.2) is 28.0 Å². The molecule has 96 valence electrons. The second-order valence-corrected chi connectivity index (χ2v) is 4.67. The number of aromatic nitrogens is 2. The average Bonchev–Trinajstić information content (AvgIpc) is 2.68. The molecule has 0 aliphatic carbocycles. The van der Waals surface area contributed by atoms with E-state index in [1.807, 2.05) is 19.1 Å². The Hall–Kier alpha value is -1.23. The predicted molar refractivity (Wildman–Crippen MR) is 73.9 cm³/mol. The molecule has 2 rings (SSSR count). The van der Waals surface area contributed by atoms with Gasteiger partial charge in [-0.05, 0) is 25.1 Å². The van der Waals surface area contributed by atoms with E-state index in [-0.39, 0.29) is 6.61 Å². The lowest BCUT2D eigenvalue weighted by molar-refractivity contribution is 0.311. The highest BCUT2D eigenvalue weighted by Gasteiger charge is 2.09. The first-order valence-corrected chi connectivity index (χ1v) is 6.24. The number of nitrogens with zero attached hydrogens (tertiary/aromatic N) is 2. The molecule has 0 unspecified atom stereocenters. The number of nitrogens with one attached hydrogen (secondary N) is 1. The molecule has 0 aliphatic heterocycles. The van der Waals surface area contributed by atoms with E-state index < -0.39 is 0 Å². The zero-order valence-electron chi connectivity index (χ0n) is 9.82. The van der Waals surface area contributed by atoms with Gasteiger partial charge in [0.15, 0.2) is 0 Å². The van der Waals surface area contributed by atoms with E-state index >= 15 is 0 Å². The summed E-state index contributed by atoms with van der Waals surface area (Å²) in [6.07, 6.45) is 0. The monoisotopic (exact) mass is 285 g/mol. The average molecular weight is 286 g/mol. The molecule has 0 amide bonds. The van der Waals surface area contributed by atoms with E-state index in [2.05, 4.69) is 10.4 Å². The minimum Gasteiger partial charge on any atom is -0.395 e. The Kier molecular flexibility index (Phi) is 4.11. The van der Waals surface area contributed by atoms with Crippen LogP contribution >= 0.6 is 23.2 Å². The third-order valence-electron chi connectivity index (χ3n) is 2.44. The molecule has 0 atom stereocenters. The fourth-order valence-electron chi connectivity index (χ4n) is 1.64. The zero-order chi connectivity index (χ0) is 13.1. The highest BCUT2D eigenvalue weighted by Crippen LogP contribution is 2.25. The van der Waals surface area contributed by atoms with Gasteiger partial charge in [0, 0.05) is 23.3 Å². The molecule has 1 aromatic carbocycles. The number of aliphatic hydroxyl groups excluding tert-OH is 1. The lowest BCUT2D eigenvalue weighted by Crippen LogP contribution is -2.06. The molecule has 0 aliphatic rings. The molecular formula is C12H13Cl2N3O. The highest BCUT2D eigenvalue weighted by molar-refractivity contribution is 6.35. The molecule has 1 aromatic heterocycles. The number of hydrogen-bond donors (Lipinski definition) is 2. The second kappa shape index (κ2) is 5.61. The molecule has 0 spiro atoms. The summed E-state index contributed by atoms with van der Waals surface area (Å²) in [5.74, 6) is 0.701. The lowest BCUT2D eigenvalue weighted by atomic mass is 10.3. The summed E-state index contributed by atoms with van der Waals surface area (Å²) >= 11 is 12.0. The highest BCUT2D eigenvalue weighted by atomic mass is 35.5. The fraction of sp³-hybridized carbons (Fsp3) is 0.250. The topological polar surface area (TPSA) is 50.1 Å².